The molecule has 1 atom stereocenters. The lowest BCUT2D eigenvalue weighted by molar-refractivity contribution is -0.127. The fraction of sp³-hybridized carbons (Fsp3) is 0.250. The maximum Gasteiger partial charge on any atom is 0.238 e. The summed E-state index contributed by atoms with van der Waals surface area (Å²) in [5.41, 5.74) is 0.800. The molecule has 0 bridgehead atoms. The molecule has 25 heavy (non-hydrogen) atoms. The second-order valence-electron chi connectivity index (χ2n) is 5.78. The van der Waals surface area contributed by atoms with Gasteiger partial charge in [-0.05, 0) is 22.9 Å². The molecule has 0 N–H and O–H groups in total. The summed E-state index contributed by atoms with van der Waals surface area (Å²) >= 11 is 3.00. The normalized spacial score (nSPS) is 18.2. The van der Waals surface area contributed by atoms with Crippen LogP contribution in [0.1, 0.15) is 23.2 Å². The van der Waals surface area contributed by atoms with Crippen LogP contribution in [0.3, 0.4) is 0 Å². The van der Waals surface area contributed by atoms with Crippen LogP contribution in [0.25, 0.3) is 10.6 Å². The van der Waals surface area contributed by atoms with E-state index in [1.54, 1.807) is 11.3 Å². The van der Waals surface area contributed by atoms with Crippen LogP contribution in [0.4, 0.5) is 0 Å². The lowest BCUT2D eigenvalue weighted by Crippen LogP contribution is -2.38. The number of aryl methyl sites for hydroxylation is 1. The van der Waals surface area contributed by atoms with Gasteiger partial charge in [-0.1, -0.05) is 12.1 Å². The van der Waals surface area contributed by atoms with Crippen molar-refractivity contribution in [3.05, 3.63) is 51.9 Å². The highest BCUT2D eigenvalue weighted by Gasteiger charge is 2.39. The maximum atomic E-state index is 12.6. The molecule has 4 heterocycles. The van der Waals surface area contributed by atoms with E-state index in [2.05, 4.69) is 0 Å². The number of aromatic nitrogens is 2. The molecule has 0 spiro atoms. The van der Waals surface area contributed by atoms with Crippen LogP contribution in [-0.4, -0.2) is 34.4 Å². The number of rotatable bonds is 3. The molecular formula is C16H15N3O3S3. The third-order valence-corrected chi connectivity index (χ3v) is 6.99. The Balaban J connectivity index is 1.92. The van der Waals surface area contributed by atoms with Gasteiger partial charge in [-0.25, -0.2) is 17.7 Å². The van der Waals surface area contributed by atoms with Gasteiger partial charge in [-0.3, -0.25) is 4.79 Å². The summed E-state index contributed by atoms with van der Waals surface area (Å²) in [5.74, 6) is 0.186. The molecule has 6 nitrogen and oxygen atoms in total. The Bertz CT molecular complexity index is 1000. The Labute approximate surface area is 153 Å². The third kappa shape index (κ3) is 2.92. The number of imidazole rings is 1. The molecule has 9 heteroatoms. The van der Waals surface area contributed by atoms with Gasteiger partial charge in [0.25, 0.3) is 0 Å². The summed E-state index contributed by atoms with van der Waals surface area (Å²) in [6, 6.07) is 6.90. The monoisotopic (exact) mass is 393 g/mol. The highest BCUT2D eigenvalue weighted by atomic mass is 32.2. The van der Waals surface area contributed by atoms with Crippen LogP contribution < -0.4 is 0 Å². The van der Waals surface area contributed by atoms with Crippen molar-refractivity contribution in [2.24, 2.45) is 0 Å². The highest BCUT2D eigenvalue weighted by molar-refractivity contribution is 7.88. The summed E-state index contributed by atoms with van der Waals surface area (Å²) in [4.78, 5) is 19.1. The molecule has 1 aliphatic rings. The van der Waals surface area contributed by atoms with Crippen LogP contribution in [0.15, 0.2) is 41.2 Å². The van der Waals surface area contributed by atoms with Gasteiger partial charge >= 0.3 is 0 Å². The van der Waals surface area contributed by atoms with Crippen molar-refractivity contribution in [3.8, 4) is 10.6 Å². The van der Waals surface area contributed by atoms with Gasteiger partial charge in [0, 0.05) is 24.0 Å². The van der Waals surface area contributed by atoms with E-state index in [9.17, 15) is 13.2 Å². The summed E-state index contributed by atoms with van der Waals surface area (Å²) < 4.78 is 27.6. The van der Waals surface area contributed by atoms with Crippen molar-refractivity contribution in [2.75, 3.05) is 6.26 Å². The van der Waals surface area contributed by atoms with Gasteiger partial charge in [0.15, 0.2) is 0 Å². The fourth-order valence-corrected chi connectivity index (χ4v) is 5.62. The van der Waals surface area contributed by atoms with E-state index < -0.39 is 22.0 Å². The van der Waals surface area contributed by atoms with Crippen molar-refractivity contribution in [1.29, 1.82) is 0 Å². The quantitative estimate of drug-likeness (QED) is 0.686. The molecule has 1 unspecified atom stereocenters. The zero-order chi connectivity index (χ0) is 17.6. The summed E-state index contributed by atoms with van der Waals surface area (Å²) in [7, 11) is -3.72. The first-order valence-electron chi connectivity index (χ1n) is 7.62. The van der Waals surface area contributed by atoms with E-state index >= 15 is 0 Å². The molecule has 0 saturated heterocycles. The number of thiophene rings is 2. The smallest absolute Gasteiger partial charge is 0.238 e. The van der Waals surface area contributed by atoms with Gasteiger partial charge in [0.2, 0.25) is 15.9 Å². The van der Waals surface area contributed by atoms with Gasteiger partial charge < -0.3 is 4.57 Å². The molecule has 1 amide bonds. The fourth-order valence-electron chi connectivity index (χ4n) is 3.01. The van der Waals surface area contributed by atoms with Crippen molar-refractivity contribution in [3.63, 3.8) is 0 Å². The first-order chi connectivity index (χ1) is 11.9. The third-order valence-electron chi connectivity index (χ3n) is 4.04. The number of amides is 1. The summed E-state index contributed by atoms with van der Waals surface area (Å²) in [6.07, 6.45) is 3.10. The Morgan fingerprint density at radius 1 is 1.20 bits per heavy atom. The predicted octanol–water partition coefficient (Wildman–Crippen LogP) is 2.95. The number of sulfonamides is 1. The first-order valence-corrected chi connectivity index (χ1v) is 11.2. The number of hydrogen-bond donors (Lipinski definition) is 0. The van der Waals surface area contributed by atoms with Gasteiger partial charge in [-0.2, -0.15) is 0 Å². The van der Waals surface area contributed by atoms with E-state index in [-0.39, 0.29) is 6.42 Å². The predicted molar refractivity (Wildman–Crippen MR) is 98.0 cm³/mol. The molecular weight excluding hydrogens is 378 g/mol. The summed E-state index contributed by atoms with van der Waals surface area (Å²) in [5, 5.41) is 3.85. The van der Waals surface area contributed by atoms with Gasteiger partial charge in [0.1, 0.15) is 11.9 Å². The lowest BCUT2D eigenvalue weighted by atomic mass is 10.2. The molecule has 3 aromatic heterocycles. The van der Waals surface area contributed by atoms with Crippen LogP contribution in [0, 0.1) is 0 Å². The van der Waals surface area contributed by atoms with E-state index in [1.807, 2.05) is 45.8 Å². The van der Waals surface area contributed by atoms with Crippen LogP contribution in [-0.2, 0) is 21.4 Å². The Morgan fingerprint density at radius 3 is 2.60 bits per heavy atom. The Morgan fingerprint density at radius 2 is 1.96 bits per heavy atom. The lowest BCUT2D eigenvalue weighted by Gasteiger charge is -2.26. The maximum absolute atomic E-state index is 12.6. The SMILES string of the molecule is CS(=O)(=O)N1C(=O)CCn2cc(-c3cccs3)nc2C1c1cccs1. The Kier molecular flexibility index (Phi) is 4.01. The average molecular weight is 394 g/mol. The van der Waals surface area contributed by atoms with Crippen molar-refractivity contribution >= 4 is 38.6 Å². The largest absolute Gasteiger partial charge is 0.332 e. The molecule has 0 aliphatic carbocycles. The molecule has 1 aliphatic heterocycles. The minimum atomic E-state index is -3.72. The minimum Gasteiger partial charge on any atom is -0.332 e. The Hall–Kier alpha value is -1.97. The van der Waals surface area contributed by atoms with Gasteiger partial charge in [0.05, 0.1) is 16.8 Å². The molecule has 4 rings (SSSR count). The number of hydrogen-bond acceptors (Lipinski definition) is 6. The van der Waals surface area contributed by atoms with Crippen molar-refractivity contribution in [2.45, 2.75) is 19.0 Å². The van der Waals surface area contributed by atoms with Crippen LogP contribution >= 0.6 is 22.7 Å². The number of carbonyl (C=O) groups is 1. The zero-order valence-electron chi connectivity index (χ0n) is 13.3. The van der Waals surface area contributed by atoms with E-state index in [0.29, 0.717) is 12.4 Å². The molecule has 0 fully saturated rings. The molecule has 3 aromatic rings. The second-order valence-corrected chi connectivity index (χ2v) is 9.56. The van der Waals surface area contributed by atoms with E-state index in [4.69, 9.17) is 4.98 Å². The van der Waals surface area contributed by atoms with E-state index in [0.717, 1.165) is 26.0 Å². The topological polar surface area (TPSA) is 72.3 Å². The van der Waals surface area contributed by atoms with Crippen LogP contribution in [0.2, 0.25) is 0 Å². The summed E-state index contributed by atoms with van der Waals surface area (Å²) in [6.45, 7) is 0.417. The highest BCUT2D eigenvalue weighted by Crippen LogP contribution is 2.37. The van der Waals surface area contributed by atoms with Crippen molar-refractivity contribution < 1.29 is 13.2 Å². The molecule has 0 radical (unpaired) electrons. The number of fused-ring (bicyclic) bond motifs is 1. The van der Waals surface area contributed by atoms with Crippen molar-refractivity contribution in [1.82, 2.24) is 13.9 Å². The number of carbonyl (C=O) groups excluding carboxylic acids is 1. The number of nitrogens with zero attached hydrogens (tertiary/aromatic N) is 3. The first kappa shape index (κ1) is 16.5. The van der Waals surface area contributed by atoms with Crippen LogP contribution in [0.5, 0.6) is 0 Å². The minimum absolute atomic E-state index is 0.127. The molecule has 0 saturated carbocycles. The average Bonchev–Trinajstić information content (AvgIpc) is 3.28. The zero-order valence-corrected chi connectivity index (χ0v) is 15.8. The molecule has 130 valence electrons. The van der Waals surface area contributed by atoms with Gasteiger partial charge in [-0.15, -0.1) is 22.7 Å². The second kappa shape index (κ2) is 6.08. The van der Waals surface area contributed by atoms with E-state index in [1.165, 1.54) is 11.3 Å². The standard InChI is InChI=1S/C16H15N3O3S3/c1-25(21,22)19-14(20)6-7-18-10-11(12-4-2-8-23-12)17-16(18)15(19)13-5-3-9-24-13/h2-5,8-10,15H,6-7H2,1H3. The molecule has 0 aromatic carbocycles.